The Bertz CT molecular complexity index is 2380. The SMILES string of the molecule is CC1(C(=O)NCc2cnc(C(F)F)c(C(=O)O)c2)CC1.CCn1c(-c2ccc(Cl)cc2)cc2cc(CC(=O)c3cc(CNC(=O)C4(C)CC4)cnc3C(F)F)ccc21. The van der Waals surface area contributed by atoms with Crippen molar-refractivity contribution >= 4 is 46.1 Å². The van der Waals surface area contributed by atoms with E-state index in [-0.39, 0.29) is 47.7 Å². The van der Waals surface area contributed by atoms with Gasteiger partial charge in [-0.1, -0.05) is 43.6 Å². The van der Waals surface area contributed by atoms with Crippen molar-refractivity contribution in [2.45, 2.75) is 85.4 Å². The van der Waals surface area contributed by atoms with Gasteiger partial charge >= 0.3 is 5.97 Å². The highest BCUT2D eigenvalue weighted by Crippen LogP contribution is 2.45. The number of aryl methyl sites for hydroxylation is 1. The average Bonchev–Trinajstić information content (AvgIpc) is 4.12. The number of ketones is 1. The molecule has 5 aromatic rings. The van der Waals surface area contributed by atoms with E-state index in [2.05, 4.69) is 38.2 Å². The van der Waals surface area contributed by atoms with E-state index in [0.717, 1.165) is 72.2 Å². The number of carbonyl (C=O) groups excluding carboxylic acids is 3. The van der Waals surface area contributed by atoms with E-state index in [1.807, 2.05) is 56.3 Å². The number of carbonyl (C=O) groups is 4. The summed E-state index contributed by atoms with van der Waals surface area (Å²) in [6.07, 6.45) is -0.116. The van der Waals surface area contributed by atoms with Gasteiger partial charge in [-0.15, -0.1) is 0 Å². The molecule has 0 spiro atoms. The zero-order chi connectivity index (χ0) is 41.9. The molecule has 304 valence electrons. The smallest absolute Gasteiger partial charge is 0.337 e. The second-order valence-electron chi connectivity index (χ2n) is 15.2. The van der Waals surface area contributed by atoms with Crippen LogP contribution in [-0.2, 0) is 35.6 Å². The Morgan fingerprint density at radius 3 is 1.76 bits per heavy atom. The van der Waals surface area contributed by atoms with E-state index in [1.54, 1.807) is 0 Å². The first-order valence-corrected chi connectivity index (χ1v) is 19.1. The number of hydrogen-bond donors (Lipinski definition) is 3. The van der Waals surface area contributed by atoms with Crippen LogP contribution in [0.2, 0.25) is 5.02 Å². The van der Waals surface area contributed by atoms with Crippen molar-refractivity contribution in [2.75, 3.05) is 0 Å². The standard InChI is InChI=1S/C30H28ClF2N3O2.C13H14F2N2O3/c1-3-36-24-9-4-18(12-21(24)15-25(36)20-5-7-22(31)8-6-20)14-26(37)23-13-19(16-34-27(23)28(32)33)17-35-29(38)30(2)10-11-30;1-13(2-3-13)12(20)17-6-7-4-8(11(18)19)9(10(14)15)16-5-7/h4-9,12-13,15-16,28H,3,10-11,14,17H2,1-2H3,(H,35,38);4-5,10H,2-3,6H2,1H3,(H,17,20)(H,18,19). The third-order valence-corrected chi connectivity index (χ3v) is 10.9. The molecular formula is C43H42ClF4N5O5. The van der Waals surface area contributed by atoms with Crippen LogP contribution < -0.4 is 10.6 Å². The Morgan fingerprint density at radius 1 is 0.759 bits per heavy atom. The van der Waals surface area contributed by atoms with E-state index in [4.69, 9.17) is 16.7 Å². The van der Waals surface area contributed by atoms with E-state index < -0.39 is 41.6 Å². The summed E-state index contributed by atoms with van der Waals surface area (Å²) in [7, 11) is 0. The highest BCUT2D eigenvalue weighted by atomic mass is 35.5. The number of alkyl halides is 4. The number of Topliss-reactive ketones (excluding diaryl/α,β-unsaturated/α-hetero) is 1. The first-order valence-electron chi connectivity index (χ1n) is 18.8. The van der Waals surface area contributed by atoms with Crippen LogP contribution in [0.3, 0.4) is 0 Å². The van der Waals surface area contributed by atoms with Crippen molar-refractivity contribution in [2.24, 2.45) is 10.8 Å². The molecular weight excluding hydrogens is 778 g/mol. The molecule has 10 nitrogen and oxygen atoms in total. The number of benzene rings is 2. The number of halogens is 5. The second-order valence-corrected chi connectivity index (χ2v) is 15.7. The summed E-state index contributed by atoms with van der Waals surface area (Å²) >= 11 is 6.05. The van der Waals surface area contributed by atoms with Gasteiger partial charge in [-0.25, -0.2) is 22.4 Å². The maximum Gasteiger partial charge on any atom is 0.337 e. The van der Waals surface area contributed by atoms with Gasteiger partial charge in [-0.3, -0.25) is 24.4 Å². The van der Waals surface area contributed by atoms with E-state index in [1.165, 1.54) is 12.3 Å². The largest absolute Gasteiger partial charge is 0.478 e. The molecule has 3 aromatic heterocycles. The topological polar surface area (TPSA) is 143 Å². The summed E-state index contributed by atoms with van der Waals surface area (Å²) in [4.78, 5) is 55.5. The van der Waals surface area contributed by atoms with Gasteiger partial charge in [0, 0.05) is 76.5 Å². The van der Waals surface area contributed by atoms with Crippen LogP contribution in [0.1, 0.15) is 108 Å². The molecule has 7 rings (SSSR count). The van der Waals surface area contributed by atoms with Gasteiger partial charge in [0.25, 0.3) is 12.9 Å². The van der Waals surface area contributed by atoms with Gasteiger partial charge in [0.2, 0.25) is 11.8 Å². The lowest BCUT2D eigenvalue weighted by Gasteiger charge is -2.13. The van der Waals surface area contributed by atoms with Crippen LogP contribution in [0, 0.1) is 10.8 Å². The lowest BCUT2D eigenvalue weighted by atomic mass is 9.99. The fraction of sp³-hybridized carbons (Fsp3) is 0.349. The average molecular weight is 820 g/mol. The summed E-state index contributed by atoms with van der Waals surface area (Å²) in [5, 5.41) is 16.0. The van der Waals surface area contributed by atoms with Crippen LogP contribution in [0.5, 0.6) is 0 Å². The Kier molecular flexibility index (Phi) is 12.4. The predicted molar refractivity (Wildman–Crippen MR) is 210 cm³/mol. The molecule has 2 aliphatic rings. The minimum atomic E-state index is -2.95. The quantitative estimate of drug-likeness (QED) is 0.0749. The van der Waals surface area contributed by atoms with Crippen molar-refractivity contribution in [1.82, 2.24) is 25.2 Å². The molecule has 0 unspecified atom stereocenters. The molecule has 2 amide bonds. The van der Waals surface area contributed by atoms with E-state index in [9.17, 15) is 36.7 Å². The Morgan fingerprint density at radius 2 is 1.28 bits per heavy atom. The van der Waals surface area contributed by atoms with Gasteiger partial charge in [0.15, 0.2) is 5.78 Å². The van der Waals surface area contributed by atoms with Gasteiger partial charge in [-0.05, 0) is 97.3 Å². The Hall–Kier alpha value is -5.63. The zero-order valence-corrected chi connectivity index (χ0v) is 32.8. The summed E-state index contributed by atoms with van der Waals surface area (Å²) in [6, 6.07) is 18.0. The maximum absolute atomic E-state index is 13.7. The minimum Gasteiger partial charge on any atom is -0.478 e. The molecule has 2 fully saturated rings. The molecule has 0 bridgehead atoms. The number of pyridine rings is 2. The highest BCUT2D eigenvalue weighted by molar-refractivity contribution is 6.30. The lowest BCUT2D eigenvalue weighted by Crippen LogP contribution is -2.29. The molecule has 0 radical (unpaired) electrons. The lowest BCUT2D eigenvalue weighted by molar-refractivity contribution is -0.126. The first kappa shape index (κ1) is 42.0. The molecule has 2 aromatic carbocycles. The van der Waals surface area contributed by atoms with Crippen LogP contribution in [0.4, 0.5) is 17.6 Å². The van der Waals surface area contributed by atoms with Crippen LogP contribution in [0.25, 0.3) is 22.2 Å². The normalized spacial score (nSPS) is 14.8. The summed E-state index contributed by atoms with van der Waals surface area (Å²) in [6.45, 7) is 6.75. The maximum atomic E-state index is 13.7. The molecule has 3 N–H and O–H groups in total. The van der Waals surface area contributed by atoms with Crippen molar-refractivity contribution in [3.63, 3.8) is 0 Å². The van der Waals surface area contributed by atoms with Crippen molar-refractivity contribution in [3.05, 3.63) is 117 Å². The number of carboxylic acids is 1. The third kappa shape index (κ3) is 9.55. The van der Waals surface area contributed by atoms with Crippen molar-refractivity contribution in [1.29, 1.82) is 0 Å². The summed E-state index contributed by atoms with van der Waals surface area (Å²) in [5.74, 6) is -2.10. The van der Waals surface area contributed by atoms with E-state index in [0.29, 0.717) is 16.1 Å². The van der Waals surface area contributed by atoms with Crippen LogP contribution >= 0.6 is 11.6 Å². The number of nitrogens with zero attached hydrogens (tertiary/aromatic N) is 3. The molecule has 0 atom stereocenters. The summed E-state index contributed by atoms with van der Waals surface area (Å²) in [5.41, 5.74) is 2.04. The molecule has 2 saturated carbocycles. The molecule has 15 heteroatoms. The number of hydrogen-bond acceptors (Lipinski definition) is 6. The van der Waals surface area contributed by atoms with Crippen molar-refractivity contribution in [3.8, 4) is 11.3 Å². The second kappa shape index (κ2) is 17.1. The number of amides is 2. The number of aromatic carboxylic acids is 1. The number of fused-ring (bicyclic) bond motifs is 1. The fourth-order valence-electron chi connectivity index (χ4n) is 6.51. The minimum absolute atomic E-state index is 0.0429. The van der Waals surface area contributed by atoms with Gasteiger partial charge in [0.05, 0.1) is 5.56 Å². The molecule has 0 saturated heterocycles. The molecule has 58 heavy (non-hydrogen) atoms. The summed E-state index contributed by atoms with van der Waals surface area (Å²) < 4.78 is 54.8. The van der Waals surface area contributed by atoms with Crippen molar-refractivity contribution < 1.29 is 41.8 Å². The number of nitrogens with one attached hydrogen (secondary N) is 2. The highest BCUT2D eigenvalue weighted by Gasteiger charge is 2.45. The number of carboxylic acid groups (broad SMARTS) is 1. The van der Waals surface area contributed by atoms with Crippen LogP contribution in [0.15, 0.2) is 73.1 Å². The molecule has 2 aliphatic carbocycles. The molecule has 3 heterocycles. The van der Waals surface area contributed by atoms with Gasteiger partial charge in [-0.2, -0.15) is 0 Å². The van der Waals surface area contributed by atoms with E-state index >= 15 is 0 Å². The number of aromatic nitrogens is 3. The Balaban J connectivity index is 0.000000239. The van der Waals surface area contributed by atoms with Gasteiger partial charge < -0.3 is 20.3 Å². The predicted octanol–water partition coefficient (Wildman–Crippen LogP) is 9.29. The zero-order valence-electron chi connectivity index (χ0n) is 32.1. The third-order valence-electron chi connectivity index (χ3n) is 10.7. The van der Waals surface area contributed by atoms with Crippen LogP contribution in [-0.4, -0.2) is 43.2 Å². The Labute approximate surface area is 337 Å². The number of rotatable bonds is 14. The fourth-order valence-corrected chi connectivity index (χ4v) is 6.63. The van der Waals surface area contributed by atoms with Gasteiger partial charge in [0.1, 0.15) is 11.4 Å². The monoisotopic (exact) mass is 819 g/mol. The first-order chi connectivity index (χ1) is 27.5. The molecule has 0 aliphatic heterocycles.